The number of nitrogens with zero attached hydrogens (tertiary/aromatic N) is 3. The van der Waals surface area contributed by atoms with Crippen LogP contribution in [0, 0.1) is 0 Å². The maximum Gasteiger partial charge on any atom is 0.266 e. The zero-order chi connectivity index (χ0) is 25.0. The molecule has 0 unspecified atom stereocenters. The monoisotopic (exact) mass is 537 g/mol. The second-order valence-corrected chi connectivity index (χ2v) is 13.2. The van der Waals surface area contributed by atoms with Crippen LogP contribution in [0.25, 0.3) is 23.0 Å². The van der Waals surface area contributed by atoms with E-state index in [1.54, 1.807) is 4.68 Å². The standard InChI is InChI=1S/C26H23N3O4S3/c1-16-11-18-12-17(7-8-22(18)33-16)24-19(14-28(27-24)20-5-3-2-4-6-20)13-23-25(30)29(26(34)35-23)21-9-10-36(31,32)15-21/h2-8,12-14,16,21H,9-11,15H2,1H3/b23-13-/t16-,21-/m0/s1. The molecule has 7 nitrogen and oxygen atoms in total. The quantitative estimate of drug-likeness (QED) is 0.364. The van der Waals surface area contributed by atoms with Gasteiger partial charge in [0.05, 0.1) is 28.1 Å². The number of para-hydroxylation sites is 1. The van der Waals surface area contributed by atoms with Crippen LogP contribution >= 0.6 is 24.0 Å². The first-order valence-electron chi connectivity index (χ1n) is 11.7. The van der Waals surface area contributed by atoms with Gasteiger partial charge in [0.1, 0.15) is 21.9 Å². The van der Waals surface area contributed by atoms with E-state index < -0.39 is 15.9 Å². The summed E-state index contributed by atoms with van der Waals surface area (Å²) in [4.78, 5) is 15.3. The first kappa shape index (κ1) is 23.4. The first-order chi connectivity index (χ1) is 17.3. The van der Waals surface area contributed by atoms with Crippen molar-refractivity contribution in [3.63, 3.8) is 0 Å². The van der Waals surface area contributed by atoms with E-state index in [9.17, 15) is 13.2 Å². The topological polar surface area (TPSA) is 81.5 Å². The number of thioether (sulfide) groups is 1. The lowest BCUT2D eigenvalue weighted by atomic mass is 10.0. The van der Waals surface area contributed by atoms with Gasteiger partial charge in [-0.25, -0.2) is 13.1 Å². The maximum absolute atomic E-state index is 13.3. The van der Waals surface area contributed by atoms with Crippen LogP contribution in [0.15, 0.2) is 59.6 Å². The number of carbonyl (C=O) groups excluding carboxylic acids is 1. The summed E-state index contributed by atoms with van der Waals surface area (Å²) in [6, 6.07) is 15.4. The lowest BCUT2D eigenvalue weighted by Crippen LogP contribution is -2.39. The van der Waals surface area contributed by atoms with E-state index in [4.69, 9.17) is 22.1 Å². The molecule has 184 valence electrons. The number of sulfone groups is 1. The van der Waals surface area contributed by atoms with Gasteiger partial charge >= 0.3 is 0 Å². The summed E-state index contributed by atoms with van der Waals surface area (Å²) in [5.41, 5.74) is 4.50. The van der Waals surface area contributed by atoms with E-state index in [1.807, 2.05) is 61.7 Å². The molecule has 10 heteroatoms. The molecule has 0 saturated carbocycles. The van der Waals surface area contributed by atoms with Crippen molar-refractivity contribution in [2.75, 3.05) is 11.5 Å². The highest BCUT2D eigenvalue weighted by atomic mass is 32.2. The lowest BCUT2D eigenvalue weighted by Gasteiger charge is -2.20. The molecule has 2 saturated heterocycles. The van der Waals surface area contributed by atoms with Gasteiger partial charge in [0.2, 0.25) is 0 Å². The Balaban J connectivity index is 1.40. The molecule has 1 aromatic heterocycles. The second kappa shape index (κ2) is 8.86. The van der Waals surface area contributed by atoms with Crippen LogP contribution in [0.2, 0.25) is 0 Å². The first-order valence-corrected chi connectivity index (χ1v) is 14.7. The molecular formula is C26H23N3O4S3. The number of aromatic nitrogens is 2. The number of hydrogen-bond donors (Lipinski definition) is 0. The molecule has 1 amide bonds. The SMILES string of the molecule is C[C@H]1Cc2cc(-c3nn(-c4ccccc4)cc3/C=C3\SC(=S)N([C@H]4CCS(=O)(=O)C4)C3=O)ccc2O1. The third-order valence-electron chi connectivity index (χ3n) is 6.62. The van der Waals surface area contributed by atoms with E-state index in [2.05, 4.69) is 6.07 Å². The molecule has 3 aromatic rings. The van der Waals surface area contributed by atoms with Gasteiger partial charge in [-0.05, 0) is 55.3 Å². The molecule has 3 aliphatic rings. The Labute approximate surface area is 219 Å². The average molecular weight is 538 g/mol. The summed E-state index contributed by atoms with van der Waals surface area (Å²) in [6.45, 7) is 2.05. The van der Waals surface area contributed by atoms with E-state index in [-0.39, 0.29) is 23.5 Å². The van der Waals surface area contributed by atoms with Gasteiger partial charge in [-0.3, -0.25) is 9.69 Å². The Morgan fingerprint density at radius 1 is 1.19 bits per heavy atom. The largest absolute Gasteiger partial charge is 0.490 e. The predicted octanol–water partition coefficient (Wildman–Crippen LogP) is 4.25. The van der Waals surface area contributed by atoms with Crippen LogP contribution in [-0.2, 0) is 21.1 Å². The summed E-state index contributed by atoms with van der Waals surface area (Å²) in [5.74, 6) is 0.687. The van der Waals surface area contributed by atoms with E-state index in [0.29, 0.717) is 15.6 Å². The number of ether oxygens (including phenoxy) is 1. The third kappa shape index (κ3) is 4.27. The average Bonchev–Trinajstić information content (AvgIpc) is 3.59. The summed E-state index contributed by atoms with van der Waals surface area (Å²) >= 11 is 6.70. The van der Waals surface area contributed by atoms with Crippen molar-refractivity contribution in [3.05, 3.63) is 70.8 Å². The normalized spacial score (nSPS) is 23.9. The number of rotatable bonds is 4. The minimum atomic E-state index is -3.14. The van der Waals surface area contributed by atoms with Crippen LogP contribution < -0.4 is 4.74 Å². The second-order valence-electron chi connectivity index (χ2n) is 9.28. The van der Waals surface area contributed by atoms with Gasteiger partial charge in [-0.2, -0.15) is 5.10 Å². The summed E-state index contributed by atoms with van der Waals surface area (Å²) in [6.07, 6.45) is 5.11. The van der Waals surface area contributed by atoms with Crippen molar-refractivity contribution < 1.29 is 17.9 Å². The summed E-state index contributed by atoms with van der Waals surface area (Å²) < 4.78 is 32.1. The predicted molar refractivity (Wildman–Crippen MR) is 145 cm³/mol. The highest BCUT2D eigenvalue weighted by molar-refractivity contribution is 8.26. The number of benzene rings is 2. The molecule has 4 heterocycles. The highest BCUT2D eigenvalue weighted by Gasteiger charge is 2.42. The highest BCUT2D eigenvalue weighted by Crippen LogP contribution is 2.39. The Bertz CT molecular complexity index is 1530. The minimum absolute atomic E-state index is 0.0421. The molecule has 36 heavy (non-hydrogen) atoms. The fourth-order valence-corrected chi connectivity index (χ4v) is 8.01. The van der Waals surface area contributed by atoms with Crippen LogP contribution in [0.1, 0.15) is 24.5 Å². The maximum atomic E-state index is 13.3. The van der Waals surface area contributed by atoms with Crippen LogP contribution in [0.3, 0.4) is 0 Å². The molecule has 2 atom stereocenters. The zero-order valence-corrected chi connectivity index (χ0v) is 21.9. The molecule has 0 radical (unpaired) electrons. The Kier molecular flexibility index (Phi) is 5.77. The van der Waals surface area contributed by atoms with Gasteiger partial charge < -0.3 is 4.74 Å². The van der Waals surface area contributed by atoms with Crippen molar-refractivity contribution in [3.8, 4) is 22.7 Å². The molecule has 0 bridgehead atoms. The minimum Gasteiger partial charge on any atom is -0.490 e. The van der Waals surface area contributed by atoms with Crippen molar-refractivity contribution in [1.82, 2.24) is 14.7 Å². The molecule has 6 rings (SSSR count). The third-order valence-corrected chi connectivity index (χ3v) is 9.70. The Morgan fingerprint density at radius 3 is 2.75 bits per heavy atom. The van der Waals surface area contributed by atoms with Crippen LogP contribution in [0.4, 0.5) is 0 Å². The smallest absolute Gasteiger partial charge is 0.266 e. The molecule has 0 spiro atoms. The van der Waals surface area contributed by atoms with E-state index >= 15 is 0 Å². The molecule has 0 N–H and O–H groups in total. The molecular weight excluding hydrogens is 515 g/mol. The Hall–Kier alpha value is -2.95. The van der Waals surface area contributed by atoms with Gasteiger partial charge in [-0.15, -0.1) is 0 Å². The van der Waals surface area contributed by atoms with Crippen molar-refractivity contribution in [1.29, 1.82) is 0 Å². The van der Waals surface area contributed by atoms with Gasteiger partial charge in [-0.1, -0.05) is 42.2 Å². The number of fused-ring (bicyclic) bond motifs is 1. The molecule has 3 aliphatic heterocycles. The van der Waals surface area contributed by atoms with Crippen molar-refractivity contribution >= 4 is 50.1 Å². The zero-order valence-electron chi connectivity index (χ0n) is 19.5. The fraction of sp³-hybridized carbons (Fsp3) is 0.269. The molecule has 2 fully saturated rings. The number of amides is 1. The fourth-order valence-electron chi connectivity index (χ4n) is 4.91. The van der Waals surface area contributed by atoms with Crippen molar-refractivity contribution in [2.45, 2.75) is 31.9 Å². The number of thiocarbonyl (C=S) groups is 1. The lowest BCUT2D eigenvalue weighted by molar-refractivity contribution is -0.123. The Morgan fingerprint density at radius 2 is 2.00 bits per heavy atom. The van der Waals surface area contributed by atoms with Crippen LogP contribution in [-0.4, -0.2) is 57.0 Å². The summed E-state index contributed by atoms with van der Waals surface area (Å²) in [5, 5.41) is 4.88. The van der Waals surface area contributed by atoms with Crippen LogP contribution in [0.5, 0.6) is 5.75 Å². The number of carbonyl (C=O) groups is 1. The van der Waals surface area contributed by atoms with Gasteiger partial charge in [0, 0.05) is 23.7 Å². The van der Waals surface area contributed by atoms with Gasteiger partial charge in [0.15, 0.2) is 9.84 Å². The molecule has 0 aliphatic carbocycles. The van der Waals surface area contributed by atoms with Crippen molar-refractivity contribution in [2.24, 2.45) is 0 Å². The summed E-state index contributed by atoms with van der Waals surface area (Å²) in [7, 11) is -3.14. The molecule has 2 aromatic carbocycles. The van der Waals surface area contributed by atoms with E-state index in [1.165, 1.54) is 16.7 Å². The van der Waals surface area contributed by atoms with Gasteiger partial charge in [0.25, 0.3) is 5.91 Å². The van der Waals surface area contributed by atoms with E-state index in [0.717, 1.165) is 40.2 Å². The number of hydrogen-bond acceptors (Lipinski definition) is 7.